The first-order valence-electron chi connectivity index (χ1n) is 19.7. The summed E-state index contributed by atoms with van der Waals surface area (Å²) < 4.78 is 32.6. The van der Waals surface area contributed by atoms with Crippen LogP contribution < -0.4 is 5.73 Å². The SMILES string of the molecule is CCCCCCCCCCCCC/C=C/CCC(=O)O[C@H](COC(=O)CCCCCCCCCCCCCC)COP(=O)(O)OCCN. The highest BCUT2D eigenvalue weighted by Crippen LogP contribution is 2.43. The van der Waals surface area contributed by atoms with Crippen LogP contribution >= 0.6 is 7.82 Å². The highest BCUT2D eigenvalue weighted by molar-refractivity contribution is 7.47. The summed E-state index contributed by atoms with van der Waals surface area (Å²) in [5.74, 6) is -0.879. The van der Waals surface area contributed by atoms with Crippen molar-refractivity contribution in [2.45, 2.75) is 193 Å². The van der Waals surface area contributed by atoms with E-state index in [1.165, 1.54) is 122 Å². The normalized spacial score (nSPS) is 13.5. The molecule has 0 fully saturated rings. The number of phosphoric acid groups is 1. The fraction of sp³-hybridized carbons (Fsp3) is 0.895. The smallest absolute Gasteiger partial charge is 0.462 e. The van der Waals surface area contributed by atoms with Crippen molar-refractivity contribution in [1.29, 1.82) is 0 Å². The van der Waals surface area contributed by atoms with Crippen molar-refractivity contribution in [2.75, 3.05) is 26.4 Å². The first-order valence-corrected chi connectivity index (χ1v) is 21.2. The van der Waals surface area contributed by atoms with Gasteiger partial charge in [0.05, 0.1) is 13.2 Å². The lowest BCUT2D eigenvalue weighted by Gasteiger charge is -2.19. The van der Waals surface area contributed by atoms with Crippen molar-refractivity contribution in [3.8, 4) is 0 Å². The molecule has 0 aliphatic rings. The minimum absolute atomic E-state index is 0.0514. The monoisotopic (exact) mass is 704 g/mol. The lowest BCUT2D eigenvalue weighted by atomic mass is 10.0. The molecule has 10 heteroatoms. The summed E-state index contributed by atoms with van der Waals surface area (Å²) in [6.45, 7) is 3.69. The quantitative estimate of drug-likeness (QED) is 0.0280. The molecule has 0 bridgehead atoms. The van der Waals surface area contributed by atoms with E-state index in [-0.39, 0.29) is 38.6 Å². The molecule has 48 heavy (non-hydrogen) atoms. The average Bonchev–Trinajstić information content (AvgIpc) is 3.07. The van der Waals surface area contributed by atoms with Crippen LogP contribution in [0.4, 0.5) is 0 Å². The van der Waals surface area contributed by atoms with Crippen LogP contribution in [-0.4, -0.2) is 49.3 Å². The first-order chi connectivity index (χ1) is 23.3. The van der Waals surface area contributed by atoms with Gasteiger partial charge < -0.3 is 20.1 Å². The maximum absolute atomic E-state index is 12.5. The predicted molar refractivity (Wildman–Crippen MR) is 197 cm³/mol. The van der Waals surface area contributed by atoms with Gasteiger partial charge in [-0.3, -0.25) is 18.6 Å². The Morgan fingerprint density at radius 1 is 0.604 bits per heavy atom. The van der Waals surface area contributed by atoms with Gasteiger partial charge >= 0.3 is 19.8 Å². The van der Waals surface area contributed by atoms with Crippen LogP contribution in [-0.2, 0) is 32.7 Å². The van der Waals surface area contributed by atoms with Crippen LogP contribution in [0.1, 0.15) is 187 Å². The van der Waals surface area contributed by atoms with Crippen LogP contribution in [0.25, 0.3) is 0 Å². The average molecular weight is 704 g/mol. The molecular weight excluding hydrogens is 629 g/mol. The molecule has 0 aromatic heterocycles. The van der Waals surface area contributed by atoms with Gasteiger partial charge in [-0.2, -0.15) is 0 Å². The number of carbonyl (C=O) groups is 2. The number of hydrogen-bond donors (Lipinski definition) is 2. The van der Waals surface area contributed by atoms with Gasteiger partial charge in [0.25, 0.3) is 0 Å². The van der Waals surface area contributed by atoms with Crippen LogP contribution in [0.3, 0.4) is 0 Å². The van der Waals surface area contributed by atoms with E-state index in [2.05, 4.69) is 19.9 Å². The molecule has 0 aliphatic heterocycles. The first kappa shape index (κ1) is 46.8. The molecule has 284 valence electrons. The number of esters is 2. The molecule has 0 radical (unpaired) electrons. The van der Waals surface area contributed by atoms with Crippen molar-refractivity contribution in [2.24, 2.45) is 5.73 Å². The van der Waals surface area contributed by atoms with Gasteiger partial charge in [-0.05, 0) is 25.7 Å². The molecule has 0 saturated carbocycles. The summed E-state index contributed by atoms with van der Waals surface area (Å²) in [4.78, 5) is 34.7. The number of ether oxygens (including phenoxy) is 2. The minimum atomic E-state index is -4.37. The summed E-state index contributed by atoms with van der Waals surface area (Å²) in [6.07, 6.45) is 33.9. The van der Waals surface area contributed by atoms with Crippen LogP contribution in [0.5, 0.6) is 0 Å². The molecule has 2 atom stereocenters. The molecular formula is C38H74NO8P. The fourth-order valence-corrected chi connectivity index (χ4v) is 6.24. The third kappa shape index (κ3) is 34.6. The molecule has 0 aromatic carbocycles. The summed E-state index contributed by atoms with van der Waals surface area (Å²) in [5.41, 5.74) is 5.33. The zero-order valence-electron chi connectivity index (χ0n) is 31.0. The van der Waals surface area contributed by atoms with Crippen molar-refractivity contribution in [1.82, 2.24) is 0 Å². The Bertz CT molecular complexity index is 810. The molecule has 0 rings (SSSR count). The Balaban J connectivity index is 4.23. The van der Waals surface area contributed by atoms with Crippen molar-refractivity contribution >= 4 is 19.8 Å². The molecule has 0 heterocycles. The van der Waals surface area contributed by atoms with Crippen molar-refractivity contribution < 1.29 is 37.6 Å². The predicted octanol–water partition coefficient (Wildman–Crippen LogP) is 10.7. The van der Waals surface area contributed by atoms with E-state index >= 15 is 0 Å². The zero-order chi connectivity index (χ0) is 35.4. The highest BCUT2D eigenvalue weighted by Gasteiger charge is 2.25. The van der Waals surface area contributed by atoms with Crippen LogP contribution in [0.2, 0.25) is 0 Å². The van der Waals surface area contributed by atoms with E-state index in [0.717, 1.165) is 32.1 Å². The Hall–Kier alpha value is -1.25. The summed E-state index contributed by atoms with van der Waals surface area (Å²) in [7, 11) is -4.37. The van der Waals surface area contributed by atoms with Crippen molar-refractivity contribution in [3.05, 3.63) is 12.2 Å². The van der Waals surface area contributed by atoms with E-state index in [1.54, 1.807) is 0 Å². The molecule has 1 unspecified atom stereocenters. The standard InChI is InChI=1S/C38H74NO8P/c1-3-5-7-9-11-13-15-17-18-19-21-23-25-27-29-31-38(41)47-36(35-46-48(42,43)45-33-32-39)34-44-37(40)30-28-26-24-22-20-16-14-12-10-8-6-4-2/h25,27,36H,3-24,26,28-35,39H2,1-2H3,(H,42,43)/b27-25+/t36-/m1/s1. The molecule has 9 nitrogen and oxygen atoms in total. The summed E-state index contributed by atoms with van der Waals surface area (Å²) in [6, 6.07) is 0. The zero-order valence-corrected chi connectivity index (χ0v) is 31.9. The number of nitrogens with two attached hydrogens (primary N) is 1. The lowest BCUT2D eigenvalue weighted by Crippen LogP contribution is -2.29. The molecule has 0 aliphatic carbocycles. The Morgan fingerprint density at radius 3 is 1.56 bits per heavy atom. The van der Waals surface area contributed by atoms with E-state index in [9.17, 15) is 19.0 Å². The van der Waals surface area contributed by atoms with Gasteiger partial charge in [0.15, 0.2) is 6.10 Å². The fourth-order valence-electron chi connectivity index (χ4n) is 5.48. The number of hydrogen-bond acceptors (Lipinski definition) is 8. The maximum atomic E-state index is 12.5. The van der Waals surface area contributed by atoms with Gasteiger partial charge in [-0.25, -0.2) is 4.57 Å². The van der Waals surface area contributed by atoms with Crippen LogP contribution in [0, 0.1) is 0 Å². The third-order valence-electron chi connectivity index (χ3n) is 8.41. The molecule has 0 spiro atoms. The van der Waals surface area contributed by atoms with Gasteiger partial charge in [0.1, 0.15) is 6.61 Å². The van der Waals surface area contributed by atoms with Gasteiger partial charge in [-0.1, -0.05) is 161 Å². The van der Waals surface area contributed by atoms with E-state index < -0.39 is 26.5 Å². The molecule has 0 aromatic rings. The van der Waals surface area contributed by atoms with E-state index in [0.29, 0.717) is 6.42 Å². The second kappa shape index (κ2) is 35.6. The topological polar surface area (TPSA) is 134 Å². The number of phosphoric ester groups is 1. The summed E-state index contributed by atoms with van der Waals surface area (Å²) >= 11 is 0. The van der Waals surface area contributed by atoms with Gasteiger partial charge in [0, 0.05) is 19.4 Å². The number of carbonyl (C=O) groups excluding carboxylic acids is 2. The minimum Gasteiger partial charge on any atom is -0.462 e. The number of rotatable bonds is 37. The van der Waals surface area contributed by atoms with E-state index in [4.69, 9.17) is 24.3 Å². The molecule has 3 N–H and O–H groups in total. The highest BCUT2D eigenvalue weighted by atomic mass is 31.2. The Labute approximate surface area is 294 Å². The third-order valence-corrected chi connectivity index (χ3v) is 9.40. The summed E-state index contributed by atoms with van der Waals surface area (Å²) in [5, 5.41) is 0. The van der Waals surface area contributed by atoms with Gasteiger partial charge in [-0.15, -0.1) is 0 Å². The Morgan fingerprint density at radius 2 is 1.06 bits per heavy atom. The molecule has 0 saturated heterocycles. The number of unbranched alkanes of at least 4 members (excludes halogenated alkanes) is 22. The van der Waals surface area contributed by atoms with Crippen LogP contribution in [0.15, 0.2) is 12.2 Å². The second-order valence-corrected chi connectivity index (χ2v) is 14.6. The number of allylic oxidation sites excluding steroid dienone is 2. The van der Waals surface area contributed by atoms with Crippen molar-refractivity contribution in [3.63, 3.8) is 0 Å². The second-order valence-electron chi connectivity index (χ2n) is 13.2. The maximum Gasteiger partial charge on any atom is 0.472 e. The van der Waals surface area contributed by atoms with E-state index in [1.807, 2.05) is 6.08 Å². The largest absolute Gasteiger partial charge is 0.472 e. The molecule has 0 amide bonds. The Kier molecular flexibility index (Phi) is 34.6. The lowest BCUT2D eigenvalue weighted by molar-refractivity contribution is -0.161. The van der Waals surface area contributed by atoms with Gasteiger partial charge in [0.2, 0.25) is 0 Å².